The first-order chi connectivity index (χ1) is 8.57. The Labute approximate surface area is 108 Å². The molecule has 0 aliphatic heterocycles. The predicted octanol–water partition coefficient (Wildman–Crippen LogP) is 2.37. The van der Waals surface area contributed by atoms with Crippen LogP contribution < -0.4 is 5.73 Å². The largest absolute Gasteiger partial charge is 0.481 e. The van der Waals surface area contributed by atoms with E-state index in [0.717, 1.165) is 25.7 Å². The molecule has 0 amide bonds. The van der Waals surface area contributed by atoms with Gasteiger partial charge in [0.15, 0.2) is 0 Å². The van der Waals surface area contributed by atoms with Crippen LogP contribution in [0.2, 0.25) is 0 Å². The number of carbonyl (C=O) groups is 1. The van der Waals surface area contributed by atoms with Gasteiger partial charge in [0.25, 0.3) is 0 Å². The number of hydrogen-bond donors (Lipinski definition) is 2. The lowest BCUT2D eigenvalue weighted by Gasteiger charge is -2.41. The van der Waals surface area contributed by atoms with Gasteiger partial charge < -0.3 is 10.8 Å². The molecule has 0 spiro atoms. The molecule has 2 rings (SSSR count). The summed E-state index contributed by atoms with van der Waals surface area (Å²) in [5, 5.41) is 9.17. The van der Waals surface area contributed by atoms with E-state index >= 15 is 0 Å². The maximum atomic E-state index is 11.1. The molecule has 3 N–H and O–H groups in total. The molecule has 3 nitrogen and oxygen atoms in total. The molecule has 0 saturated carbocycles. The number of hydrogen-bond acceptors (Lipinski definition) is 2. The van der Waals surface area contributed by atoms with E-state index < -0.39 is 5.97 Å². The molecule has 0 radical (unpaired) electrons. The Bertz CT molecular complexity index is 444. The lowest BCUT2D eigenvalue weighted by Crippen LogP contribution is -2.46. The number of fused-ring (bicyclic) bond motifs is 1. The van der Waals surface area contributed by atoms with Crippen LogP contribution in [0, 0.1) is 5.41 Å². The average molecular weight is 247 g/mol. The highest BCUT2D eigenvalue weighted by Gasteiger charge is 2.40. The minimum Gasteiger partial charge on any atom is -0.481 e. The van der Waals surface area contributed by atoms with Crippen LogP contribution in [0.25, 0.3) is 0 Å². The summed E-state index contributed by atoms with van der Waals surface area (Å²) in [6, 6.07) is 8.27. The third-order valence-electron chi connectivity index (χ3n) is 4.28. The molecule has 1 aliphatic rings. The van der Waals surface area contributed by atoms with Crippen LogP contribution in [0.4, 0.5) is 0 Å². The SMILES string of the molecule is CCC(N)C1(CC(=O)O)CCc2ccccc2C1. The van der Waals surface area contributed by atoms with Crippen LogP contribution in [0.3, 0.4) is 0 Å². The van der Waals surface area contributed by atoms with E-state index in [9.17, 15) is 4.79 Å². The molecule has 1 aromatic carbocycles. The van der Waals surface area contributed by atoms with E-state index in [0.29, 0.717) is 0 Å². The molecule has 98 valence electrons. The Morgan fingerprint density at radius 1 is 1.44 bits per heavy atom. The van der Waals surface area contributed by atoms with Crippen molar-refractivity contribution in [2.24, 2.45) is 11.1 Å². The summed E-state index contributed by atoms with van der Waals surface area (Å²) in [6.45, 7) is 2.04. The summed E-state index contributed by atoms with van der Waals surface area (Å²) in [4.78, 5) is 11.1. The molecule has 1 aliphatic carbocycles. The number of benzene rings is 1. The summed E-state index contributed by atoms with van der Waals surface area (Å²) in [5.41, 5.74) is 8.58. The van der Waals surface area contributed by atoms with Crippen molar-refractivity contribution < 1.29 is 9.90 Å². The molecule has 0 fully saturated rings. The Hall–Kier alpha value is -1.35. The van der Waals surface area contributed by atoms with E-state index in [-0.39, 0.29) is 17.9 Å². The van der Waals surface area contributed by atoms with Crippen LogP contribution >= 0.6 is 0 Å². The fraction of sp³-hybridized carbons (Fsp3) is 0.533. The quantitative estimate of drug-likeness (QED) is 0.858. The minimum absolute atomic E-state index is 0.0399. The Morgan fingerprint density at radius 3 is 2.72 bits per heavy atom. The van der Waals surface area contributed by atoms with Gasteiger partial charge in [-0.15, -0.1) is 0 Å². The van der Waals surface area contributed by atoms with Gasteiger partial charge >= 0.3 is 5.97 Å². The monoisotopic (exact) mass is 247 g/mol. The molecule has 0 aromatic heterocycles. The Kier molecular flexibility index (Phi) is 3.71. The average Bonchev–Trinajstić information content (AvgIpc) is 2.36. The number of nitrogens with two attached hydrogens (primary N) is 1. The fourth-order valence-electron chi connectivity index (χ4n) is 3.16. The van der Waals surface area contributed by atoms with Crippen molar-refractivity contribution in [3.05, 3.63) is 35.4 Å². The van der Waals surface area contributed by atoms with Crippen LogP contribution in [0.1, 0.15) is 37.3 Å². The second-order valence-corrected chi connectivity index (χ2v) is 5.39. The molecule has 1 aromatic rings. The van der Waals surface area contributed by atoms with Crippen molar-refractivity contribution in [1.29, 1.82) is 0 Å². The van der Waals surface area contributed by atoms with Gasteiger partial charge in [-0.25, -0.2) is 0 Å². The fourth-order valence-corrected chi connectivity index (χ4v) is 3.16. The van der Waals surface area contributed by atoms with Crippen LogP contribution in [0.5, 0.6) is 0 Å². The minimum atomic E-state index is -0.738. The van der Waals surface area contributed by atoms with Gasteiger partial charge in [0.2, 0.25) is 0 Å². The first-order valence-electron chi connectivity index (χ1n) is 6.61. The van der Waals surface area contributed by atoms with Crippen LogP contribution in [0.15, 0.2) is 24.3 Å². The summed E-state index contributed by atoms with van der Waals surface area (Å²) in [6.07, 6.45) is 3.62. The van der Waals surface area contributed by atoms with E-state index in [1.807, 2.05) is 19.1 Å². The molecule has 3 heteroatoms. The van der Waals surface area contributed by atoms with Gasteiger partial charge in [-0.05, 0) is 36.8 Å². The first-order valence-corrected chi connectivity index (χ1v) is 6.61. The lowest BCUT2D eigenvalue weighted by atomic mass is 9.65. The highest BCUT2D eigenvalue weighted by atomic mass is 16.4. The molecule has 0 bridgehead atoms. The first kappa shape index (κ1) is 13.1. The zero-order valence-corrected chi connectivity index (χ0v) is 10.9. The number of aryl methyl sites for hydroxylation is 1. The van der Waals surface area contributed by atoms with Crippen LogP contribution in [-0.2, 0) is 17.6 Å². The van der Waals surface area contributed by atoms with Gasteiger partial charge in [0, 0.05) is 11.5 Å². The normalized spacial score (nSPS) is 24.3. The number of aliphatic carboxylic acids is 1. The zero-order valence-electron chi connectivity index (χ0n) is 10.9. The topological polar surface area (TPSA) is 63.3 Å². The maximum Gasteiger partial charge on any atom is 0.303 e. The maximum absolute atomic E-state index is 11.1. The van der Waals surface area contributed by atoms with Gasteiger partial charge in [0.1, 0.15) is 0 Å². The van der Waals surface area contributed by atoms with Crippen molar-refractivity contribution in [2.75, 3.05) is 0 Å². The van der Waals surface area contributed by atoms with Gasteiger partial charge in [-0.1, -0.05) is 31.2 Å². The number of carboxylic acids is 1. The van der Waals surface area contributed by atoms with Crippen molar-refractivity contribution in [3.63, 3.8) is 0 Å². The highest BCUT2D eigenvalue weighted by Crippen LogP contribution is 2.41. The van der Waals surface area contributed by atoms with E-state index in [1.165, 1.54) is 11.1 Å². The van der Waals surface area contributed by atoms with Crippen molar-refractivity contribution in [1.82, 2.24) is 0 Å². The lowest BCUT2D eigenvalue weighted by molar-refractivity contribution is -0.140. The van der Waals surface area contributed by atoms with Crippen molar-refractivity contribution in [3.8, 4) is 0 Å². The van der Waals surface area contributed by atoms with E-state index in [4.69, 9.17) is 10.8 Å². The smallest absolute Gasteiger partial charge is 0.303 e. The highest BCUT2D eigenvalue weighted by molar-refractivity contribution is 5.68. The molecular formula is C15H21NO2. The molecule has 2 atom stereocenters. The summed E-state index contributed by atoms with van der Waals surface area (Å²) in [5.74, 6) is -0.738. The Balaban J connectivity index is 2.31. The second-order valence-electron chi connectivity index (χ2n) is 5.39. The zero-order chi connectivity index (χ0) is 13.2. The third-order valence-corrected chi connectivity index (χ3v) is 4.28. The number of rotatable bonds is 4. The van der Waals surface area contributed by atoms with Gasteiger partial charge in [-0.3, -0.25) is 4.79 Å². The Morgan fingerprint density at radius 2 is 2.11 bits per heavy atom. The van der Waals surface area contributed by atoms with E-state index in [1.54, 1.807) is 0 Å². The predicted molar refractivity (Wildman–Crippen MR) is 71.4 cm³/mol. The molecule has 2 unspecified atom stereocenters. The summed E-state index contributed by atoms with van der Waals surface area (Å²) in [7, 11) is 0. The van der Waals surface area contributed by atoms with Crippen molar-refractivity contribution >= 4 is 5.97 Å². The van der Waals surface area contributed by atoms with E-state index in [2.05, 4.69) is 12.1 Å². The summed E-state index contributed by atoms with van der Waals surface area (Å²) >= 11 is 0. The van der Waals surface area contributed by atoms with Crippen molar-refractivity contribution in [2.45, 2.75) is 45.1 Å². The second kappa shape index (κ2) is 5.11. The van der Waals surface area contributed by atoms with Crippen LogP contribution in [-0.4, -0.2) is 17.1 Å². The standard InChI is InChI=1S/C15H21NO2/c1-2-13(16)15(10-14(17)18)8-7-11-5-3-4-6-12(11)9-15/h3-6,13H,2,7-10,16H2,1H3,(H,17,18). The molecular weight excluding hydrogens is 226 g/mol. The summed E-state index contributed by atoms with van der Waals surface area (Å²) < 4.78 is 0. The molecule has 18 heavy (non-hydrogen) atoms. The number of carboxylic acid groups (broad SMARTS) is 1. The third kappa shape index (κ3) is 2.41. The molecule has 0 saturated heterocycles. The van der Waals surface area contributed by atoms with Gasteiger partial charge in [0.05, 0.1) is 6.42 Å². The van der Waals surface area contributed by atoms with Gasteiger partial charge in [-0.2, -0.15) is 0 Å². The molecule has 0 heterocycles.